The van der Waals surface area contributed by atoms with E-state index in [1.807, 2.05) is 0 Å². The van der Waals surface area contributed by atoms with Crippen LogP contribution in [0.25, 0.3) is 0 Å². The Hall–Kier alpha value is -2.61. The van der Waals surface area contributed by atoms with Crippen LogP contribution in [0.1, 0.15) is 6.92 Å². The lowest BCUT2D eigenvalue weighted by Gasteiger charge is -2.45. The summed E-state index contributed by atoms with van der Waals surface area (Å²) in [6.07, 6.45) is -88.8. The monoisotopic (exact) mass is 948 g/mol. The molecule has 4 nitrogen and oxygen atoms in total. The molecule has 0 radical (unpaired) electrons. The molecule has 0 bridgehead atoms. The first-order valence-corrected chi connectivity index (χ1v) is 11.7. The lowest BCUT2D eigenvalue weighted by molar-refractivity contribution is -0.596. The van der Waals surface area contributed by atoms with Gasteiger partial charge < -0.3 is 0 Å². The second kappa shape index (κ2) is 13.7. The Morgan fingerprint density at radius 1 is 0.211 bits per heavy atom. The predicted octanol–water partition coefficient (Wildman–Crippen LogP) is 11.5. The Labute approximate surface area is 283 Å². The molecule has 5 atom stereocenters. The number of hydrogen-bond donors (Lipinski definition) is 0. The van der Waals surface area contributed by atoms with Gasteiger partial charge in [-0.05, 0) is 6.92 Å². The quantitative estimate of drug-likeness (QED) is 0.163. The first-order chi connectivity index (χ1) is 23.8. The van der Waals surface area contributed by atoms with Crippen LogP contribution in [0.15, 0.2) is 0 Å². The van der Waals surface area contributed by atoms with Gasteiger partial charge in [-0.15, -0.1) is 0 Å². The topological polar surface area (TPSA) is 36.9 Å². The summed E-state index contributed by atoms with van der Waals surface area (Å²) in [5.41, 5.74) is -7.48. The fourth-order valence-corrected chi connectivity index (χ4v) is 2.76. The van der Waals surface area contributed by atoms with Crippen molar-refractivity contribution in [2.75, 3.05) is 0 Å². The van der Waals surface area contributed by atoms with E-state index in [-0.39, 0.29) is 0 Å². The molecule has 0 aromatic rings. The van der Waals surface area contributed by atoms with Crippen molar-refractivity contribution < 1.29 is 173 Å². The SMILES string of the molecule is CC(F)(C(F)(F)F)C(F)(F)C(F)(OC(F)(F)C(F)(OC(F)(F)C(F)(OC(F)(F)C(F)(OC(F)(F)C(F)(F)C(F)(F)F)C(F)(F)F)C(F)(F)F)C(F)(F)F)C(F)(F)F. The summed E-state index contributed by atoms with van der Waals surface area (Å²) < 4.78 is 470. The van der Waals surface area contributed by atoms with Crippen LogP contribution < -0.4 is 0 Å². The first-order valence-electron chi connectivity index (χ1n) is 11.7. The molecule has 0 aliphatic heterocycles. The van der Waals surface area contributed by atoms with Gasteiger partial charge in [0.25, 0.3) is 5.67 Å². The highest BCUT2D eigenvalue weighted by molar-refractivity contribution is 5.09. The van der Waals surface area contributed by atoms with Crippen LogP contribution in [-0.2, 0) is 18.9 Å². The Bertz CT molecular complexity index is 1410. The summed E-state index contributed by atoms with van der Waals surface area (Å²) in [6, 6.07) is 0. The Morgan fingerprint density at radius 2 is 0.404 bits per heavy atom. The van der Waals surface area contributed by atoms with Crippen molar-refractivity contribution >= 4 is 0 Å². The third kappa shape index (κ3) is 8.42. The van der Waals surface area contributed by atoms with E-state index in [1.54, 1.807) is 0 Å². The standard InChI is InChI=1S/C18H3F35O4/c1-2(19,9(28,29)30)3(20,21)5(24,11(34,35)36)54-16(48,49)7(26,13(40,41)42)56-18(52,53)8(27,14(43,44)45)57-17(50,51)6(25,12(37,38)39)55-15(46,47)4(22,23)10(31,32)33/h1H3. The van der Waals surface area contributed by atoms with Gasteiger partial charge in [-0.25, -0.2) is 4.39 Å². The Kier molecular flexibility index (Phi) is 13.1. The Morgan fingerprint density at radius 3 is 0.579 bits per heavy atom. The molecule has 39 heteroatoms. The van der Waals surface area contributed by atoms with Crippen molar-refractivity contribution in [1.82, 2.24) is 0 Å². The van der Waals surface area contributed by atoms with Crippen LogP contribution in [0, 0.1) is 0 Å². The van der Waals surface area contributed by atoms with E-state index in [4.69, 9.17) is 0 Å². The fraction of sp³-hybridized carbons (Fsp3) is 1.00. The van der Waals surface area contributed by atoms with E-state index in [0.717, 1.165) is 9.47 Å². The van der Waals surface area contributed by atoms with Crippen LogP contribution >= 0.6 is 0 Å². The molecule has 0 spiro atoms. The normalized spacial score (nSPS) is 21.3. The zero-order chi connectivity index (χ0) is 47.3. The van der Waals surface area contributed by atoms with Gasteiger partial charge in [0.2, 0.25) is 0 Å². The van der Waals surface area contributed by atoms with E-state index in [9.17, 15) is 154 Å². The largest absolute Gasteiger partial charge is 0.462 e. The smallest absolute Gasteiger partial charge is 0.265 e. The van der Waals surface area contributed by atoms with Gasteiger partial charge >= 0.3 is 96.8 Å². The lowest BCUT2D eigenvalue weighted by Crippen LogP contribution is -2.74. The molecule has 0 saturated carbocycles. The second-order valence-corrected chi connectivity index (χ2v) is 9.99. The van der Waals surface area contributed by atoms with Gasteiger partial charge in [0.05, 0.1) is 0 Å². The molecule has 344 valence electrons. The highest BCUT2D eigenvalue weighted by atomic mass is 19.5. The minimum atomic E-state index is -9.56. The number of alkyl halides is 35. The molecule has 0 amide bonds. The maximum absolute atomic E-state index is 14.5. The second-order valence-electron chi connectivity index (χ2n) is 9.99. The zero-order valence-corrected chi connectivity index (χ0v) is 24.4. The molecule has 0 N–H and O–H groups in total. The van der Waals surface area contributed by atoms with Crippen LogP contribution in [-0.4, -0.2) is 102 Å². The van der Waals surface area contributed by atoms with Crippen molar-refractivity contribution in [3.63, 3.8) is 0 Å². The number of hydrogen-bond acceptors (Lipinski definition) is 4. The summed E-state index contributed by atoms with van der Waals surface area (Å²) in [5.74, 6) is -54.5. The molecule has 0 aromatic heterocycles. The molecule has 0 fully saturated rings. The molecular formula is C18H3F35O4. The highest BCUT2D eigenvalue weighted by Gasteiger charge is 2.92. The van der Waals surface area contributed by atoms with Crippen molar-refractivity contribution in [3.8, 4) is 0 Å². The molecule has 5 unspecified atom stereocenters. The van der Waals surface area contributed by atoms with Crippen LogP contribution in [0.3, 0.4) is 0 Å². The third-order valence-electron chi connectivity index (χ3n) is 5.90. The summed E-state index contributed by atoms with van der Waals surface area (Å²) in [4.78, 5) is 0. The molecule has 0 rings (SSSR count). The summed E-state index contributed by atoms with van der Waals surface area (Å²) in [5, 5.41) is 0. The van der Waals surface area contributed by atoms with Crippen LogP contribution in [0.5, 0.6) is 0 Å². The molecule has 0 aliphatic rings. The average Bonchev–Trinajstić information content (AvgIpc) is 2.87. The molecule has 57 heavy (non-hydrogen) atoms. The summed E-state index contributed by atoms with van der Waals surface area (Å²) in [7, 11) is 0. The van der Waals surface area contributed by atoms with Gasteiger partial charge in [-0.1, -0.05) is 0 Å². The van der Waals surface area contributed by atoms with Gasteiger partial charge in [0, 0.05) is 0 Å². The fourth-order valence-electron chi connectivity index (χ4n) is 2.76. The molecule has 0 heterocycles. The summed E-state index contributed by atoms with van der Waals surface area (Å²) in [6.45, 7) is -2.04. The van der Waals surface area contributed by atoms with Gasteiger partial charge in [-0.2, -0.15) is 149 Å². The minimum Gasteiger partial charge on any atom is -0.265 e. The number of ether oxygens (including phenoxy) is 4. The van der Waals surface area contributed by atoms with Crippen molar-refractivity contribution in [2.24, 2.45) is 0 Å². The lowest BCUT2D eigenvalue weighted by atomic mass is 9.92. The molecule has 0 saturated heterocycles. The van der Waals surface area contributed by atoms with E-state index >= 15 is 0 Å². The van der Waals surface area contributed by atoms with Crippen LogP contribution in [0.4, 0.5) is 154 Å². The van der Waals surface area contributed by atoms with Gasteiger partial charge in [0.1, 0.15) is 0 Å². The van der Waals surface area contributed by atoms with E-state index < -0.39 is 109 Å². The average molecular weight is 948 g/mol. The number of halogens is 35. The Balaban J connectivity index is 8.01. The minimum absolute atomic E-state index is 0.705. The maximum Gasteiger partial charge on any atom is 0.462 e. The third-order valence-corrected chi connectivity index (χ3v) is 5.90. The van der Waals surface area contributed by atoms with Gasteiger partial charge in [-0.3, -0.25) is 18.9 Å². The van der Waals surface area contributed by atoms with Crippen molar-refractivity contribution in [3.05, 3.63) is 0 Å². The van der Waals surface area contributed by atoms with E-state index in [1.165, 1.54) is 0 Å². The number of rotatable bonds is 14. The highest BCUT2D eigenvalue weighted by Crippen LogP contribution is 2.63. The maximum atomic E-state index is 14.5. The molecular weight excluding hydrogens is 945 g/mol. The predicted molar refractivity (Wildman–Crippen MR) is 95.2 cm³/mol. The van der Waals surface area contributed by atoms with E-state index in [0.29, 0.717) is 9.47 Å². The van der Waals surface area contributed by atoms with Gasteiger partial charge in [0.15, 0.2) is 0 Å². The van der Waals surface area contributed by atoms with E-state index in [2.05, 4.69) is 0 Å². The van der Waals surface area contributed by atoms with Crippen LogP contribution in [0.2, 0.25) is 0 Å². The summed E-state index contributed by atoms with van der Waals surface area (Å²) >= 11 is 0. The molecule has 0 aliphatic carbocycles. The first kappa shape index (κ1) is 54.4. The van der Waals surface area contributed by atoms with Crippen molar-refractivity contribution in [1.29, 1.82) is 0 Å². The van der Waals surface area contributed by atoms with Crippen molar-refractivity contribution in [2.45, 2.75) is 109 Å². The molecule has 0 aromatic carbocycles. The zero-order valence-electron chi connectivity index (χ0n) is 24.4.